The number of nitrogens with two attached hydrogens (primary N) is 2. The number of hydrogen-bond acceptors (Lipinski definition) is 2. The summed E-state index contributed by atoms with van der Waals surface area (Å²) in [7, 11) is 0. The molecule has 0 bridgehead atoms. The van der Waals surface area contributed by atoms with Gasteiger partial charge in [-0.3, -0.25) is 0 Å². The van der Waals surface area contributed by atoms with Crippen LogP contribution in [0.3, 0.4) is 0 Å². The Morgan fingerprint density at radius 1 is 0.833 bits per heavy atom. The summed E-state index contributed by atoms with van der Waals surface area (Å²) in [6.45, 7) is 1.19. The molecular formula is C2H8N2S2. The van der Waals surface area contributed by atoms with Gasteiger partial charge in [0.2, 0.25) is 0 Å². The normalized spacial score (nSPS) is 5.00. The molecule has 2 nitrogen and oxygen atoms in total. The zero-order valence-corrected chi connectivity index (χ0v) is 5.02. The minimum atomic E-state index is 0. The van der Waals surface area contributed by atoms with Crippen LogP contribution in [0, 0.1) is 0 Å². The van der Waals surface area contributed by atoms with E-state index >= 15 is 0 Å². The van der Waals surface area contributed by atoms with Crippen molar-refractivity contribution in [2.24, 2.45) is 11.5 Å². The summed E-state index contributed by atoms with van der Waals surface area (Å²) in [5, 5.41) is 0. The van der Waals surface area contributed by atoms with E-state index < -0.39 is 0 Å². The summed E-state index contributed by atoms with van der Waals surface area (Å²) in [6.07, 6.45) is 0. The highest BCUT2D eigenvalue weighted by Gasteiger charge is 1.54. The lowest BCUT2D eigenvalue weighted by atomic mass is 10.7. The Kier molecular flexibility index (Phi) is 46.5. The minimum absolute atomic E-state index is 0. The van der Waals surface area contributed by atoms with Gasteiger partial charge in [0.05, 0.1) is 0 Å². The van der Waals surface area contributed by atoms with E-state index in [0.717, 1.165) is 0 Å². The third kappa shape index (κ3) is 23.1. The zero-order valence-electron chi connectivity index (χ0n) is 3.39. The molecule has 0 aliphatic rings. The molecule has 0 aliphatic carbocycles. The molecule has 0 fully saturated rings. The molecule has 0 saturated carbocycles. The fraction of sp³-hybridized carbons (Fsp3) is 1.00. The van der Waals surface area contributed by atoms with Gasteiger partial charge < -0.3 is 11.5 Å². The monoisotopic (exact) mass is 124 g/mol. The van der Waals surface area contributed by atoms with Crippen LogP contribution in [0.15, 0.2) is 0 Å². The van der Waals surface area contributed by atoms with Gasteiger partial charge in [-0.15, -0.1) is 0 Å². The smallest absolute Gasteiger partial charge is 0.00461 e. The predicted molar refractivity (Wildman–Crippen MR) is 33.3 cm³/mol. The van der Waals surface area contributed by atoms with Gasteiger partial charge in [0.15, 0.2) is 0 Å². The summed E-state index contributed by atoms with van der Waals surface area (Å²) in [5.74, 6) is 0. The van der Waals surface area contributed by atoms with Gasteiger partial charge in [-0.05, 0) is 0 Å². The topological polar surface area (TPSA) is 52.0 Å². The third-order valence-electron chi connectivity index (χ3n) is 0.167. The van der Waals surface area contributed by atoms with E-state index in [-0.39, 0.29) is 27.0 Å². The molecule has 0 saturated heterocycles. The van der Waals surface area contributed by atoms with Crippen LogP contribution in [-0.2, 0) is 0 Å². The molecule has 0 aromatic carbocycles. The van der Waals surface area contributed by atoms with Gasteiger partial charge in [0, 0.05) is 40.1 Å². The summed E-state index contributed by atoms with van der Waals surface area (Å²) >= 11 is 0. The Bertz CT molecular complexity index is 11.5. The molecule has 0 aromatic rings. The van der Waals surface area contributed by atoms with Gasteiger partial charge in [-0.1, -0.05) is 0 Å². The van der Waals surface area contributed by atoms with Crippen molar-refractivity contribution in [2.45, 2.75) is 0 Å². The second-order valence-electron chi connectivity index (χ2n) is 0.577. The first-order valence-corrected chi connectivity index (χ1v) is 1.32. The Morgan fingerprint density at radius 3 is 1.00 bits per heavy atom. The first-order valence-electron chi connectivity index (χ1n) is 1.32. The Hall–Kier alpha value is 0.620. The highest BCUT2D eigenvalue weighted by atomic mass is 32.1. The van der Waals surface area contributed by atoms with Gasteiger partial charge in [-0.25, -0.2) is 0 Å². The Balaban J connectivity index is -0.0000000450. The van der Waals surface area contributed by atoms with E-state index in [4.69, 9.17) is 11.5 Å². The molecule has 0 unspecified atom stereocenters. The van der Waals surface area contributed by atoms with Crippen LogP contribution in [0.1, 0.15) is 0 Å². The number of rotatable bonds is 1. The zero-order chi connectivity index (χ0) is 3.41. The Labute approximate surface area is 52.2 Å². The third-order valence-corrected chi connectivity index (χ3v) is 0.167. The lowest BCUT2D eigenvalue weighted by Gasteiger charge is -1.72. The number of hydrogen-bond donors (Lipinski definition) is 2. The summed E-state index contributed by atoms with van der Waals surface area (Å²) in [4.78, 5) is 0. The van der Waals surface area contributed by atoms with Gasteiger partial charge in [-0.2, -0.15) is 0 Å². The van der Waals surface area contributed by atoms with Crippen molar-refractivity contribution < 1.29 is 0 Å². The van der Waals surface area contributed by atoms with Gasteiger partial charge in [0.25, 0.3) is 0 Å². The molecular weight excluding hydrogens is 116 g/mol. The van der Waals surface area contributed by atoms with Gasteiger partial charge >= 0.3 is 0 Å². The van der Waals surface area contributed by atoms with E-state index in [0.29, 0.717) is 13.1 Å². The van der Waals surface area contributed by atoms with E-state index in [2.05, 4.69) is 0 Å². The molecule has 4 N–H and O–H groups in total. The fourth-order valence-corrected chi connectivity index (χ4v) is 0. The molecule has 0 spiro atoms. The van der Waals surface area contributed by atoms with E-state index in [9.17, 15) is 0 Å². The Morgan fingerprint density at radius 2 is 1.00 bits per heavy atom. The summed E-state index contributed by atoms with van der Waals surface area (Å²) < 4.78 is 0. The second-order valence-corrected chi connectivity index (χ2v) is 0.577. The lowest BCUT2D eigenvalue weighted by Crippen LogP contribution is -2.11. The van der Waals surface area contributed by atoms with Crippen molar-refractivity contribution in [1.29, 1.82) is 0 Å². The van der Waals surface area contributed by atoms with Crippen molar-refractivity contribution in [3.63, 3.8) is 0 Å². The highest BCUT2D eigenvalue weighted by molar-refractivity contribution is 7.59. The average molecular weight is 124 g/mol. The molecule has 0 rings (SSSR count). The SMILES string of the molecule is NCCN.[S].[S]. The van der Waals surface area contributed by atoms with Gasteiger partial charge in [0.1, 0.15) is 0 Å². The largest absolute Gasteiger partial charge is 0.329 e. The maximum Gasteiger partial charge on any atom is 0.00461 e. The van der Waals surface area contributed by atoms with E-state index in [1.807, 2.05) is 0 Å². The lowest BCUT2D eigenvalue weighted by molar-refractivity contribution is 0.976. The maximum atomic E-state index is 4.90. The molecule has 4 heteroatoms. The quantitative estimate of drug-likeness (QED) is 0.524. The standard InChI is InChI=1S/C2H8N2.2S/c3-1-2-4;;/h1-4H2;;. The van der Waals surface area contributed by atoms with E-state index in [1.165, 1.54) is 0 Å². The van der Waals surface area contributed by atoms with Crippen molar-refractivity contribution in [3.8, 4) is 0 Å². The van der Waals surface area contributed by atoms with Crippen molar-refractivity contribution in [1.82, 2.24) is 0 Å². The minimum Gasteiger partial charge on any atom is -0.329 e. The molecule has 0 atom stereocenters. The fourth-order valence-electron chi connectivity index (χ4n) is 0. The van der Waals surface area contributed by atoms with Crippen LogP contribution in [-0.4, -0.2) is 13.1 Å². The molecule has 6 heavy (non-hydrogen) atoms. The molecule has 0 aliphatic heterocycles. The molecule has 0 heterocycles. The molecule has 0 aromatic heterocycles. The summed E-state index contributed by atoms with van der Waals surface area (Å²) in [6, 6.07) is 0. The van der Waals surface area contributed by atoms with Crippen molar-refractivity contribution in [3.05, 3.63) is 0 Å². The maximum absolute atomic E-state index is 4.90. The van der Waals surface area contributed by atoms with Crippen LogP contribution in [0.2, 0.25) is 0 Å². The van der Waals surface area contributed by atoms with Crippen LogP contribution in [0.4, 0.5) is 0 Å². The van der Waals surface area contributed by atoms with Crippen LogP contribution >= 0.6 is 27.0 Å². The van der Waals surface area contributed by atoms with Crippen LogP contribution in [0.25, 0.3) is 0 Å². The van der Waals surface area contributed by atoms with Crippen molar-refractivity contribution >= 4 is 27.0 Å². The highest BCUT2D eigenvalue weighted by Crippen LogP contribution is 1.24. The first kappa shape index (κ1) is 16.0. The average Bonchev–Trinajstić information content (AvgIpc) is 1.37. The first-order chi connectivity index (χ1) is 1.91. The van der Waals surface area contributed by atoms with Crippen LogP contribution < -0.4 is 11.5 Å². The predicted octanol–water partition coefficient (Wildman–Crippen LogP) is 0.200. The molecule has 38 valence electrons. The van der Waals surface area contributed by atoms with Crippen LogP contribution in [0.5, 0.6) is 0 Å². The van der Waals surface area contributed by atoms with Crippen molar-refractivity contribution in [2.75, 3.05) is 13.1 Å². The van der Waals surface area contributed by atoms with E-state index in [1.54, 1.807) is 0 Å². The summed E-state index contributed by atoms with van der Waals surface area (Å²) in [5.41, 5.74) is 9.81. The molecule has 4 radical (unpaired) electrons. The molecule has 0 amide bonds. The second kappa shape index (κ2) is 17.5.